The van der Waals surface area contributed by atoms with E-state index in [0.29, 0.717) is 12.8 Å². The number of aliphatic hydroxyl groups excluding tert-OH is 3. The standard InChI is InChI=1S/C50H87N5O10/c1-3-5-7-9-11-13-14-15-16-17-18-19-21-23-25-30-34-55(45(59)33-29-24-22-20-12-10-8-6-4-2)50(51)48(62)47(61)46(60)42(65-50)35-41(56)36-52-43(57)37-53-44(58)38-54-49(63)64-39-40-31-27-26-28-32-40/h26-28,31-32,42,46-48,60-62H,3-25,29-30,33-39,51H2,1-2H3,(H,52,57)(H,53,58)(H,54,63)/t42-,46-,47+,48-,50+/m1/s1. The van der Waals surface area contributed by atoms with Crippen LogP contribution in [0.15, 0.2) is 30.3 Å². The Morgan fingerprint density at radius 1 is 0.615 bits per heavy atom. The van der Waals surface area contributed by atoms with Crippen molar-refractivity contribution in [1.82, 2.24) is 20.9 Å². The number of carbonyl (C=O) groups excluding carboxylic acids is 5. The number of carbonyl (C=O) groups is 5. The van der Waals surface area contributed by atoms with Crippen molar-refractivity contribution in [2.45, 2.75) is 224 Å². The fourth-order valence-corrected chi connectivity index (χ4v) is 8.18. The summed E-state index contributed by atoms with van der Waals surface area (Å²) in [4.78, 5) is 64.8. The Labute approximate surface area is 390 Å². The summed E-state index contributed by atoms with van der Waals surface area (Å²) < 4.78 is 11.1. The van der Waals surface area contributed by atoms with Crippen LogP contribution in [0, 0.1) is 0 Å². The van der Waals surface area contributed by atoms with E-state index in [0.717, 1.165) is 50.5 Å². The number of benzene rings is 1. The van der Waals surface area contributed by atoms with Crippen LogP contribution in [-0.4, -0.2) is 106 Å². The zero-order chi connectivity index (χ0) is 47.5. The van der Waals surface area contributed by atoms with E-state index in [1.54, 1.807) is 24.3 Å². The van der Waals surface area contributed by atoms with Crippen molar-refractivity contribution in [1.29, 1.82) is 0 Å². The lowest BCUT2D eigenvalue weighted by atomic mass is 9.91. The van der Waals surface area contributed by atoms with Crippen molar-refractivity contribution in [2.24, 2.45) is 5.73 Å². The van der Waals surface area contributed by atoms with Gasteiger partial charge in [0.25, 0.3) is 0 Å². The van der Waals surface area contributed by atoms with Crippen molar-refractivity contribution in [3.05, 3.63) is 35.9 Å². The highest BCUT2D eigenvalue weighted by atomic mass is 16.6. The number of ether oxygens (including phenoxy) is 2. The Morgan fingerprint density at radius 3 is 1.57 bits per heavy atom. The largest absolute Gasteiger partial charge is 0.445 e. The van der Waals surface area contributed by atoms with Gasteiger partial charge in [-0.3, -0.25) is 29.8 Å². The zero-order valence-corrected chi connectivity index (χ0v) is 40.0. The summed E-state index contributed by atoms with van der Waals surface area (Å²) in [7, 11) is 0. The van der Waals surface area contributed by atoms with Gasteiger partial charge in [0.05, 0.1) is 19.2 Å². The molecule has 1 fully saturated rings. The van der Waals surface area contributed by atoms with Gasteiger partial charge < -0.3 is 40.7 Å². The molecule has 8 N–H and O–H groups in total. The van der Waals surface area contributed by atoms with Crippen molar-refractivity contribution in [2.75, 3.05) is 26.2 Å². The second kappa shape index (κ2) is 35.5. The number of hydrogen-bond donors (Lipinski definition) is 7. The molecule has 1 aromatic rings. The smallest absolute Gasteiger partial charge is 0.407 e. The topological polar surface area (TPSA) is 230 Å². The van der Waals surface area contributed by atoms with Crippen LogP contribution in [0.2, 0.25) is 0 Å². The van der Waals surface area contributed by atoms with Crippen LogP contribution in [0.4, 0.5) is 4.79 Å². The summed E-state index contributed by atoms with van der Waals surface area (Å²) in [5.74, 6) is -4.50. The molecule has 1 saturated heterocycles. The minimum Gasteiger partial charge on any atom is -0.445 e. The van der Waals surface area contributed by atoms with Crippen molar-refractivity contribution >= 4 is 29.6 Å². The first-order valence-electron chi connectivity index (χ1n) is 25.2. The Morgan fingerprint density at radius 2 is 1.06 bits per heavy atom. The molecule has 372 valence electrons. The number of Topliss-reactive ketones (excluding diaryl/α,β-unsaturated/α-hetero) is 1. The van der Waals surface area contributed by atoms with Gasteiger partial charge in [-0.15, -0.1) is 0 Å². The molecule has 0 saturated carbocycles. The monoisotopic (exact) mass is 918 g/mol. The summed E-state index contributed by atoms with van der Waals surface area (Å²) in [5, 5.41) is 40.2. The molecule has 1 aromatic carbocycles. The highest BCUT2D eigenvalue weighted by molar-refractivity contribution is 5.90. The zero-order valence-electron chi connectivity index (χ0n) is 40.0. The lowest BCUT2D eigenvalue weighted by Crippen LogP contribution is -2.76. The van der Waals surface area contributed by atoms with E-state index in [4.69, 9.17) is 15.2 Å². The molecular formula is C50H87N5O10. The van der Waals surface area contributed by atoms with Gasteiger partial charge in [-0.2, -0.15) is 0 Å². The average molecular weight is 918 g/mol. The van der Waals surface area contributed by atoms with E-state index in [1.807, 2.05) is 6.07 Å². The van der Waals surface area contributed by atoms with E-state index in [1.165, 1.54) is 108 Å². The molecule has 4 amide bonds. The third-order valence-electron chi connectivity index (χ3n) is 12.2. The van der Waals surface area contributed by atoms with E-state index in [2.05, 4.69) is 29.8 Å². The summed E-state index contributed by atoms with van der Waals surface area (Å²) in [6, 6.07) is 9.00. The van der Waals surface area contributed by atoms with Gasteiger partial charge >= 0.3 is 6.09 Å². The maximum atomic E-state index is 13.9. The minimum absolute atomic E-state index is 0.0226. The van der Waals surface area contributed by atoms with Gasteiger partial charge in [-0.05, 0) is 18.4 Å². The number of unbranched alkanes of at least 4 members (excludes halogenated alkanes) is 23. The number of amides is 4. The quantitative estimate of drug-likeness (QED) is 0.0259. The number of nitrogens with zero attached hydrogens (tertiary/aromatic N) is 1. The van der Waals surface area contributed by atoms with Crippen LogP contribution in [0.25, 0.3) is 0 Å². The van der Waals surface area contributed by atoms with Crippen molar-refractivity contribution in [3.8, 4) is 0 Å². The molecule has 15 heteroatoms. The number of aliphatic hydroxyl groups is 3. The van der Waals surface area contributed by atoms with Crippen LogP contribution < -0.4 is 21.7 Å². The number of ketones is 1. The molecule has 65 heavy (non-hydrogen) atoms. The van der Waals surface area contributed by atoms with Crippen LogP contribution in [-0.2, 0) is 35.3 Å². The van der Waals surface area contributed by atoms with Gasteiger partial charge in [0.15, 0.2) is 5.78 Å². The van der Waals surface area contributed by atoms with Gasteiger partial charge in [-0.25, -0.2) is 4.79 Å². The van der Waals surface area contributed by atoms with Gasteiger partial charge in [0.2, 0.25) is 23.6 Å². The Balaban J connectivity index is 1.86. The number of nitrogens with one attached hydrogen (secondary N) is 3. The summed E-state index contributed by atoms with van der Waals surface area (Å²) >= 11 is 0. The fraction of sp³-hybridized carbons (Fsp3) is 0.780. The van der Waals surface area contributed by atoms with E-state index in [9.17, 15) is 39.3 Å². The molecule has 0 spiro atoms. The van der Waals surface area contributed by atoms with Gasteiger partial charge in [0, 0.05) is 19.4 Å². The molecule has 1 heterocycles. The first-order chi connectivity index (χ1) is 31.4. The first-order valence-corrected chi connectivity index (χ1v) is 25.2. The minimum atomic E-state index is -2.22. The van der Waals surface area contributed by atoms with Crippen LogP contribution in [0.3, 0.4) is 0 Å². The summed E-state index contributed by atoms with van der Waals surface area (Å²) in [6.07, 6.45) is 20.8. The second-order valence-corrected chi connectivity index (χ2v) is 18.0. The van der Waals surface area contributed by atoms with Crippen molar-refractivity contribution < 1.29 is 48.8 Å². The second-order valence-electron chi connectivity index (χ2n) is 18.0. The molecule has 0 radical (unpaired) electrons. The third kappa shape index (κ3) is 25.2. The molecule has 0 bridgehead atoms. The predicted molar refractivity (Wildman–Crippen MR) is 253 cm³/mol. The normalized spacial score (nSPS) is 19.4. The SMILES string of the molecule is CCCCCCCCCCCCCCCCCCN(C(=O)CCCCCCCCCCC)[C@]1(N)O[C@H](CC(=O)CNC(=O)CNC(=O)CNC(=O)OCc2ccccc2)[C@@H](O)[C@H](O)[C@H]1O. The van der Waals surface area contributed by atoms with Crippen LogP contribution in [0.1, 0.15) is 193 Å². The molecule has 1 aliphatic heterocycles. The average Bonchev–Trinajstić information content (AvgIpc) is 3.30. The number of nitrogens with two attached hydrogens (primary N) is 1. The van der Waals surface area contributed by atoms with Gasteiger partial charge in [-0.1, -0.05) is 192 Å². The maximum absolute atomic E-state index is 13.9. The predicted octanol–water partition coefficient (Wildman–Crippen LogP) is 7.21. The van der Waals surface area contributed by atoms with Crippen LogP contribution in [0.5, 0.6) is 0 Å². The first kappa shape index (κ1) is 57.5. The third-order valence-corrected chi connectivity index (χ3v) is 12.2. The number of alkyl carbamates (subject to hydrolysis) is 1. The molecule has 0 aromatic heterocycles. The fourth-order valence-electron chi connectivity index (χ4n) is 8.18. The molecular weight excluding hydrogens is 831 g/mol. The number of hydrogen-bond acceptors (Lipinski definition) is 11. The van der Waals surface area contributed by atoms with Crippen molar-refractivity contribution in [3.63, 3.8) is 0 Å². The molecule has 2 rings (SSSR count). The van der Waals surface area contributed by atoms with Crippen LogP contribution >= 0.6 is 0 Å². The Bertz CT molecular complexity index is 1450. The van der Waals surface area contributed by atoms with E-state index in [-0.39, 0.29) is 25.5 Å². The summed E-state index contributed by atoms with van der Waals surface area (Å²) in [6.45, 7) is 3.21. The highest BCUT2D eigenvalue weighted by Crippen LogP contribution is 2.32. The molecule has 15 nitrogen and oxygen atoms in total. The van der Waals surface area contributed by atoms with E-state index < -0.39 is 80.0 Å². The molecule has 0 aliphatic carbocycles. The lowest BCUT2D eigenvalue weighted by molar-refractivity contribution is -0.309. The summed E-state index contributed by atoms with van der Waals surface area (Å²) in [5.41, 5.74) is 7.50. The molecule has 5 atom stereocenters. The van der Waals surface area contributed by atoms with E-state index >= 15 is 0 Å². The Hall–Kier alpha value is -3.63. The lowest BCUT2D eigenvalue weighted by Gasteiger charge is -2.51. The van der Waals surface area contributed by atoms with Gasteiger partial charge in [0.1, 0.15) is 31.5 Å². The number of rotatable bonds is 38. The Kier molecular flexibility index (Phi) is 31.4. The molecule has 1 aliphatic rings. The molecule has 0 unspecified atom stereocenters. The highest BCUT2D eigenvalue weighted by Gasteiger charge is 2.56. The maximum Gasteiger partial charge on any atom is 0.407 e.